The summed E-state index contributed by atoms with van der Waals surface area (Å²) in [4.78, 5) is 11.1. The van der Waals surface area contributed by atoms with Crippen LogP contribution in [0.5, 0.6) is 11.5 Å². The maximum Gasteiger partial charge on any atom is 0.344 e. The van der Waals surface area contributed by atoms with Crippen molar-refractivity contribution in [3.05, 3.63) is 23.8 Å². The van der Waals surface area contributed by atoms with Gasteiger partial charge in [0.15, 0.2) is 17.6 Å². The molecule has 0 bridgehead atoms. The number of carboxylic acid groups (broad SMARTS) is 1. The smallest absolute Gasteiger partial charge is 0.344 e. The van der Waals surface area contributed by atoms with Gasteiger partial charge in [-0.25, -0.2) is 4.79 Å². The van der Waals surface area contributed by atoms with Crippen LogP contribution >= 0.6 is 0 Å². The minimum Gasteiger partial charge on any atom is -0.493 e. The molecule has 100 valence electrons. The van der Waals surface area contributed by atoms with Crippen LogP contribution in [0.25, 0.3) is 0 Å². The van der Waals surface area contributed by atoms with Gasteiger partial charge in [0.1, 0.15) is 0 Å². The molecule has 0 amide bonds. The molecular formula is C13H19NO4. The molecule has 0 fully saturated rings. The Labute approximate surface area is 107 Å². The number of hydrogen-bond donors (Lipinski definition) is 2. The van der Waals surface area contributed by atoms with Crippen LogP contribution < -0.4 is 15.2 Å². The van der Waals surface area contributed by atoms with Crippen LogP contribution in [0, 0.1) is 0 Å². The first-order chi connectivity index (χ1) is 8.63. The van der Waals surface area contributed by atoms with Crippen LogP contribution in [0.1, 0.15) is 25.3 Å². The van der Waals surface area contributed by atoms with E-state index in [2.05, 4.69) is 0 Å². The molecule has 1 aromatic carbocycles. The fraction of sp³-hybridized carbons (Fsp3) is 0.462. The second-order valence-corrected chi connectivity index (χ2v) is 3.89. The van der Waals surface area contributed by atoms with Gasteiger partial charge < -0.3 is 20.3 Å². The molecule has 1 atom stereocenters. The van der Waals surface area contributed by atoms with E-state index in [0.717, 1.165) is 12.0 Å². The van der Waals surface area contributed by atoms with Crippen molar-refractivity contribution < 1.29 is 19.4 Å². The van der Waals surface area contributed by atoms with E-state index in [1.807, 2.05) is 6.92 Å². The molecule has 0 aliphatic carbocycles. The first-order valence-corrected chi connectivity index (χ1v) is 5.89. The summed E-state index contributed by atoms with van der Waals surface area (Å²) in [6.07, 6.45) is 0.290. The average Bonchev–Trinajstić information content (AvgIpc) is 2.38. The minimum atomic E-state index is -0.981. The Balaban J connectivity index is 3.03. The first-order valence-electron chi connectivity index (χ1n) is 5.89. The second kappa shape index (κ2) is 6.86. The second-order valence-electron chi connectivity index (χ2n) is 3.89. The van der Waals surface area contributed by atoms with Crippen molar-refractivity contribution in [2.75, 3.05) is 7.11 Å². The van der Waals surface area contributed by atoms with Crippen molar-refractivity contribution >= 4 is 5.97 Å². The van der Waals surface area contributed by atoms with Crippen molar-refractivity contribution in [3.8, 4) is 11.5 Å². The lowest BCUT2D eigenvalue weighted by Crippen LogP contribution is -2.27. The van der Waals surface area contributed by atoms with E-state index < -0.39 is 12.1 Å². The lowest BCUT2D eigenvalue weighted by atomic mass is 10.1. The average molecular weight is 253 g/mol. The van der Waals surface area contributed by atoms with Gasteiger partial charge in [0, 0.05) is 12.1 Å². The predicted octanol–water partition coefficient (Wildman–Crippen LogP) is 1.79. The van der Waals surface area contributed by atoms with Gasteiger partial charge in [-0.15, -0.1) is 0 Å². The lowest BCUT2D eigenvalue weighted by Gasteiger charge is -2.19. The van der Waals surface area contributed by atoms with Crippen molar-refractivity contribution in [1.82, 2.24) is 0 Å². The summed E-state index contributed by atoms with van der Waals surface area (Å²) in [5, 5.41) is 9.10. The van der Waals surface area contributed by atoms with Crippen LogP contribution in [0.3, 0.4) is 0 Å². The Hall–Kier alpha value is -1.75. The standard InChI is InChI=1S/C13H19NO4/c1-3-5-11(13(15)16)18-12-9(8-14)6-4-7-10(12)17-2/h4,6-7,11H,3,5,8,14H2,1-2H3,(H,15,16). The zero-order valence-electron chi connectivity index (χ0n) is 10.7. The minimum absolute atomic E-state index is 0.269. The van der Waals surface area contributed by atoms with Crippen molar-refractivity contribution in [2.24, 2.45) is 5.73 Å². The molecule has 0 radical (unpaired) electrons. The van der Waals surface area contributed by atoms with Gasteiger partial charge in [-0.2, -0.15) is 0 Å². The Morgan fingerprint density at radius 3 is 2.72 bits per heavy atom. The van der Waals surface area contributed by atoms with Gasteiger partial charge in [-0.05, 0) is 12.5 Å². The van der Waals surface area contributed by atoms with E-state index in [4.69, 9.17) is 20.3 Å². The van der Waals surface area contributed by atoms with E-state index in [0.29, 0.717) is 17.9 Å². The summed E-state index contributed by atoms with van der Waals surface area (Å²) < 4.78 is 10.7. The van der Waals surface area contributed by atoms with Crippen LogP contribution in [0.15, 0.2) is 18.2 Å². The molecule has 1 aromatic rings. The highest BCUT2D eigenvalue weighted by molar-refractivity contribution is 5.73. The molecule has 5 nitrogen and oxygen atoms in total. The summed E-state index contributed by atoms with van der Waals surface area (Å²) in [6, 6.07) is 5.31. The Kier molecular flexibility index (Phi) is 5.45. The van der Waals surface area contributed by atoms with E-state index in [1.54, 1.807) is 18.2 Å². The molecular weight excluding hydrogens is 234 g/mol. The third-order valence-electron chi connectivity index (χ3n) is 2.59. The maximum absolute atomic E-state index is 11.1. The highest BCUT2D eigenvalue weighted by Crippen LogP contribution is 2.32. The molecule has 18 heavy (non-hydrogen) atoms. The fourth-order valence-electron chi connectivity index (χ4n) is 1.65. The van der Waals surface area contributed by atoms with E-state index in [9.17, 15) is 4.79 Å². The summed E-state index contributed by atoms with van der Waals surface area (Å²) in [6.45, 7) is 2.18. The highest BCUT2D eigenvalue weighted by Gasteiger charge is 2.21. The molecule has 3 N–H and O–H groups in total. The van der Waals surface area contributed by atoms with Crippen molar-refractivity contribution in [2.45, 2.75) is 32.4 Å². The highest BCUT2D eigenvalue weighted by atomic mass is 16.5. The number of ether oxygens (including phenoxy) is 2. The predicted molar refractivity (Wildman–Crippen MR) is 67.8 cm³/mol. The van der Waals surface area contributed by atoms with Crippen molar-refractivity contribution in [1.29, 1.82) is 0 Å². The number of rotatable bonds is 7. The van der Waals surface area contributed by atoms with Crippen LogP contribution in [0.2, 0.25) is 0 Å². The Morgan fingerprint density at radius 1 is 1.50 bits per heavy atom. The fourth-order valence-corrected chi connectivity index (χ4v) is 1.65. The third kappa shape index (κ3) is 3.37. The van der Waals surface area contributed by atoms with Gasteiger partial charge in [0.2, 0.25) is 0 Å². The number of hydrogen-bond acceptors (Lipinski definition) is 4. The van der Waals surface area contributed by atoms with Crippen LogP contribution in [-0.2, 0) is 11.3 Å². The quantitative estimate of drug-likeness (QED) is 0.774. The monoisotopic (exact) mass is 253 g/mol. The van der Waals surface area contributed by atoms with E-state index in [1.165, 1.54) is 7.11 Å². The van der Waals surface area contributed by atoms with Crippen LogP contribution in [-0.4, -0.2) is 24.3 Å². The normalized spacial score (nSPS) is 11.9. The molecule has 0 heterocycles. The zero-order valence-corrected chi connectivity index (χ0v) is 10.7. The molecule has 1 rings (SSSR count). The maximum atomic E-state index is 11.1. The summed E-state index contributed by atoms with van der Waals surface area (Å²) >= 11 is 0. The molecule has 0 aliphatic heterocycles. The molecule has 0 aliphatic rings. The largest absolute Gasteiger partial charge is 0.493 e. The van der Waals surface area contributed by atoms with Gasteiger partial charge in [0.25, 0.3) is 0 Å². The molecule has 1 unspecified atom stereocenters. The summed E-state index contributed by atoms with van der Waals surface area (Å²) in [7, 11) is 1.51. The summed E-state index contributed by atoms with van der Waals surface area (Å²) in [5.74, 6) is -0.0608. The first kappa shape index (κ1) is 14.3. The molecule has 0 saturated heterocycles. The van der Waals surface area contributed by atoms with E-state index in [-0.39, 0.29) is 6.54 Å². The SMILES string of the molecule is CCCC(Oc1c(CN)cccc1OC)C(=O)O. The lowest BCUT2D eigenvalue weighted by molar-refractivity contribution is -0.145. The van der Waals surface area contributed by atoms with Crippen molar-refractivity contribution in [3.63, 3.8) is 0 Å². The number of para-hydroxylation sites is 1. The van der Waals surface area contributed by atoms with Crippen LogP contribution in [0.4, 0.5) is 0 Å². The number of nitrogens with two attached hydrogens (primary N) is 1. The molecule has 0 aromatic heterocycles. The number of carboxylic acids is 1. The molecule has 0 saturated carbocycles. The van der Waals surface area contributed by atoms with Gasteiger partial charge in [-0.3, -0.25) is 0 Å². The number of carbonyl (C=O) groups is 1. The Morgan fingerprint density at radius 2 is 2.22 bits per heavy atom. The number of methoxy groups -OCH3 is 1. The van der Waals surface area contributed by atoms with Gasteiger partial charge in [0.05, 0.1) is 7.11 Å². The van der Waals surface area contributed by atoms with Gasteiger partial charge >= 0.3 is 5.97 Å². The molecule has 5 heteroatoms. The molecule has 0 spiro atoms. The summed E-state index contributed by atoms with van der Waals surface area (Å²) in [5.41, 5.74) is 6.35. The Bertz CT molecular complexity index is 384. The van der Waals surface area contributed by atoms with E-state index >= 15 is 0 Å². The number of aliphatic carboxylic acids is 1. The van der Waals surface area contributed by atoms with Gasteiger partial charge in [-0.1, -0.05) is 25.5 Å². The third-order valence-corrected chi connectivity index (χ3v) is 2.59. The number of benzene rings is 1. The topological polar surface area (TPSA) is 81.8 Å². The zero-order chi connectivity index (χ0) is 13.5.